The summed E-state index contributed by atoms with van der Waals surface area (Å²) in [6, 6.07) is 10.2. The van der Waals surface area contributed by atoms with Gasteiger partial charge in [-0.1, -0.05) is 23.7 Å². The second-order valence-corrected chi connectivity index (χ2v) is 5.77. The van der Waals surface area contributed by atoms with Gasteiger partial charge in [0.25, 0.3) is 0 Å². The van der Waals surface area contributed by atoms with Crippen molar-refractivity contribution >= 4 is 11.6 Å². The molecule has 4 heteroatoms. The van der Waals surface area contributed by atoms with Gasteiger partial charge in [-0.25, -0.2) is 0 Å². The molecule has 0 saturated heterocycles. The lowest BCUT2D eigenvalue weighted by Gasteiger charge is -2.25. The highest BCUT2D eigenvalue weighted by atomic mass is 35.5. The predicted molar refractivity (Wildman–Crippen MR) is 81.6 cm³/mol. The molecular weight excluding hydrogens is 270 g/mol. The molecule has 0 saturated carbocycles. The number of nitrogens with zero attached hydrogens (tertiary/aromatic N) is 1. The second-order valence-electron chi connectivity index (χ2n) is 5.34. The zero-order chi connectivity index (χ0) is 14.1. The molecule has 0 fully saturated rings. The Morgan fingerprint density at radius 3 is 3.00 bits per heavy atom. The van der Waals surface area contributed by atoms with Gasteiger partial charge < -0.3 is 0 Å². The van der Waals surface area contributed by atoms with Crippen molar-refractivity contribution < 1.29 is 0 Å². The van der Waals surface area contributed by atoms with E-state index in [0.717, 1.165) is 23.4 Å². The first-order valence-corrected chi connectivity index (χ1v) is 7.24. The van der Waals surface area contributed by atoms with E-state index in [1.54, 1.807) is 0 Å². The van der Waals surface area contributed by atoms with E-state index in [9.17, 15) is 0 Å². The maximum Gasteiger partial charge on any atom is 0.0546 e. The van der Waals surface area contributed by atoms with Crippen LogP contribution >= 0.6 is 11.6 Å². The molecule has 3 rings (SSSR count). The topological polar surface area (TPSA) is 50.9 Å². The van der Waals surface area contributed by atoms with Crippen molar-refractivity contribution in [3.63, 3.8) is 0 Å². The van der Waals surface area contributed by atoms with Crippen molar-refractivity contribution in [1.29, 1.82) is 0 Å². The normalized spacial score (nSPS) is 18.9. The van der Waals surface area contributed by atoms with Crippen molar-refractivity contribution in [1.82, 2.24) is 10.4 Å². The molecule has 2 atom stereocenters. The second kappa shape index (κ2) is 5.52. The number of benzene rings is 1. The highest BCUT2D eigenvalue weighted by Crippen LogP contribution is 2.41. The number of nitrogens with one attached hydrogen (secondary N) is 1. The summed E-state index contributed by atoms with van der Waals surface area (Å²) in [7, 11) is 0. The first-order valence-electron chi connectivity index (χ1n) is 6.86. The van der Waals surface area contributed by atoms with E-state index >= 15 is 0 Å². The number of pyridine rings is 1. The number of hydrogen-bond donors (Lipinski definition) is 2. The monoisotopic (exact) mass is 287 g/mol. The van der Waals surface area contributed by atoms with Gasteiger partial charge in [0.15, 0.2) is 0 Å². The van der Waals surface area contributed by atoms with Gasteiger partial charge in [-0.05, 0) is 54.7 Å². The molecule has 1 aliphatic rings. The molecule has 0 radical (unpaired) electrons. The Morgan fingerprint density at radius 1 is 1.40 bits per heavy atom. The van der Waals surface area contributed by atoms with Crippen LogP contribution in [0, 0.1) is 6.92 Å². The zero-order valence-electron chi connectivity index (χ0n) is 11.4. The van der Waals surface area contributed by atoms with E-state index in [1.165, 1.54) is 16.8 Å². The Bertz CT molecular complexity index is 627. The van der Waals surface area contributed by atoms with E-state index in [1.807, 2.05) is 24.4 Å². The van der Waals surface area contributed by atoms with Crippen LogP contribution in [0.1, 0.15) is 40.8 Å². The zero-order valence-corrected chi connectivity index (χ0v) is 12.2. The summed E-state index contributed by atoms with van der Waals surface area (Å²) in [4.78, 5) is 4.56. The average molecular weight is 288 g/mol. The number of nitrogens with two attached hydrogens (primary N) is 1. The van der Waals surface area contributed by atoms with Crippen molar-refractivity contribution in [2.24, 2.45) is 5.84 Å². The van der Waals surface area contributed by atoms with Crippen LogP contribution in [0.4, 0.5) is 0 Å². The SMILES string of the molecule is Cc1cc(Cl)ccc1C(NN)C1CCc2cccnc21. The van der Waals surface area contributed by atoms with Gasteiger partial charge in [-0.3, -0.25) is 16.3 Å². The Labute approximate surface area is 124 Å². The molecule has 0 spiro atoms. The highest BCUT2D eigenvalue weighted by molar-refractivity contribution is 6.30. The molecule has 3 nitrogen and oxygen atoms in total. The summed E-state index contributed by atoms with van der Waals surface area (Å²) in [6.45, 7) is 2.07. The number of hydrogen-bond acceptors (Lipinski definition) is 3. The van der Waals surface area contributed by atoms with Gasteiger partial charge in [0.05, 0.1) is 6.04 Å². The minimum atomic E-state index is 0.0726. The number of halogens is 1. The van der Waals surface area contributed by atoms with Crippen LogP contribution < -0.4 is 11.3 Å². The fraction of sp³-hybridized carbons (Fsp3) is 0.312. The number of aryl methyl sites for hydroxylation is 2. The third kappa shape index (κ3) is 2.33. The molecule has 20 heavy (non-hydrogen) atoms. The van der Waals surface area contributed by atoms with Crippen LogP contribution in [-0.4, -0.2) is 4.98 Å². The maximum absolute atomic E-state index is 6.04. The molecule has 1 heterocycles. The molecule has 1 aromatic heterocycles. The van der Waals surface area contributed by atoms with E-state index in [-0.39, 0.29) is 6.04 Å². The van der Waals surface area contributed by atoms with Crippen molar-refractivity contribution in [3.05, 3.63) is 63.9 Å². The van der Waals surface area contributed by atoms with Crippen LogP contribution in [-0.2, 0) is 6.42 Å². The molecule has 2 aromatic rings. The molecular formula is C16H18ClN3. The van der Waals surface area contributed by atoms with Gasteiger partial charge in [-0.2, -0.15) is 0 Å². The standard InChI is InChI=1S/C16H18ClN3/c1-10-9-12(17)5-7-13(10)16(20-18)14-6-4-11-3-2-8-19-15(11)14/h2-3,5,7-9,14,16,20H,4,6,18H2,1H3. The summed E-state index contributed by atoms with van der Waals surface area (Å²) in [5.41, 5.74) is 7.84. The summed E-state index contributed by atoms with van der Waals surface area (Å²) in [5, 5.41) is 0.756. The van der Waals surface area contributed by atoms with Gasteiger partial charge in [0, 0.05) is 22.8 Å². The van der Waals surface area contributed by atoms with E-state index < -0.39 is 0 Å². The minimum absolute atomic E-state index is 0.0726. The lowest BCUT2D eigenvalue weighted by molar-refractivity contribution is 0.445. The number of hydrazine groups is 1. The van der Waals surface area contributed by atoms with Crippen molar-refractivity contribution in [2.75, 3.05) is 0 Å². The van der Waals surface area contributed by atoms with E-state index in [2.05, 4.69) is 29.5 Å². The molecule has 1 aromatic carbocycles. The summed E-state index contributed by atoms with van der Waals surface area (Å²) in [6.07, 6.45) is 4.00. The smallest absolute Gasteiger partial charge is 0.0546 e. The first-order chi connectivity index (χ1) is 9.70. The molecule has 0 aliphatic heterocycles. The highest BCUT2D eigenvalue weighted by Gasteiger charge is 2.32. The third-order valence-corrected chi connectivity index (χ3v) is 4.39. The fourth-order valence-electron chi connectivity index (χ4n) is 3.18. The Kier molecular flexibility index (Phi) is 3.74. The Hall–Kier alpha value is -1.42. The molecule has 0 bridgehead atoms. The summed E-state index contributed by atoms with van der Waals surface area (Å²) in [5.74, 6) is 6.15. The van der Waals surface area contributed by atoms with Gasteiger partial charge in [-0.15, -0.1) is 0 Å². The predicted octanol–water partition coefficient (Wildman–Crippen LogP) is 3.28. The fourth-order valence-corrected chi connectivity index (χ4v) is 3.41. The number of aromatic nitrogens is 1. The molecule has 1 aliphatic carbocycles. The van der Waals surface area contributed by atoms with Crippen LogP contribution in [0.5, 0.6) is 0 Å². The number of fused-ring (bicyclic) bond motifs is 1. The average Bonchev–Trinajstić information content (AvgIpc) is 2.86. The lowest BCUT2D eigenvalue weighted by Crippen LogP contribution is -2.32. The van der Waals surface area contributed by atoms with Gasteiger partial charge in [0.2, 0.25) is 0 Å². The third-order valence-electron chi connectivity index (χ3n) is 4.15. The van der Waals surface area contributed by atoms with Crippen LogP contribution in [0.25, 0.3) is 0 Å². The first kappa shape index (κ1) is 13.6. The Morgan fingerprint density at radius 2 is 2.25 bits per heavy atom. The van der Waals surface area contributed by atoms with Crippen LogP contribution in [0.3, 0.4) is 0 Å². The minimum Gasteiger partial charge on any atom is -0.271 e. The molecule has 0 amide bonds. The molecule has 3 N–H and O–H groups in total. The van der Waals surface area contributed by atoms with Crippen LogP contribution in [0.2, 0.25) is 5.02 Å². The quantitative estimate of drug-likeness (QED) is 0.673. The maximum atomic E-state index is 6.04. The molecule has 104 valence electrons. The Balaban J connectivity index is 1.99. The van der Waals surface area contributed by atoms with E-state index in [0.29, 0.717) is 5.92 Å². The number of rotatable bonds is 3. The molecule has 2 unspecified atom stereocenters. The van der Waals surface area contributed by atoms with Crippen molar-refractivity contribution in [2.45, 2.75) is 31.7 Å². The van der Waals surface area contributed by atoms with Crippen LogP contribution in [0.15, 0.2) is 36.5 Å². The largest absolute Gasteiger partial charge is 0.271 e. The summed E-state index contributed by atoms with van der Waals surface area (Å²) < 4.78 is 0. The van der Waals surface area contributed by atoms with E-state index in [4.69, 9.17) is 17.4 Å². The lowest BCUT2D eigenvalue weighted by atomic mass is 9.89. The van der Waals surface area contributed by atoms with Gasteiger partial charge >= 0.3 is 0 Å². The van der Waals surface area contributed by atoms with Gasteiger partial charge in [0.1, 0.15) is 0 Å². The summed E-state index contributed by atoms with van der Waals surface area (Å²) >= 11 is 6.04. The van der Waals surface area contributed by atoms with Crippen molar-refractivity contribution in [3.8, 4) is 0 Å².